The van der Waals surface area contributed by atoms with Gasteiger partial charge in [-0.2, -0.15) is 4.98 Å². The Morgan fingerprint density at radius 2 is 2.08 bits per heavy atom. The van der Waals surface area contributed by atoms with E-state index < -0.39 is 0 Å². The van der Waals surface area contributed by atoms with Gasteiger partial charge in [-0.15, -0.1) is 11.3 Å². The van der Waals surface area contributed by atoms with Gasteiger partial charge in [0.1, 0.15) is 22.9 Å². The van der Waals surface area contributed by atoms with Gasteiger partial charge in [0.25, 0.3) is 0 Å². The number of aromatic nitrogens is 4. The van der Waals surface area contributed by atoms with Crippen LogP contribution in [0, 0.1) is 0 Å². The van der Waals surface area contributed by atoms with Crippen LogP contribution in [0.2, 0.25) is 0 Å². The van der Waals surface area contributed by atoms with E-state index in [1.807, 2.05) is 23.6 Å². The first-order valence-electron chi connectivity index (χ1n) is 7.64. The summed E-state index contributed by atoms with van der Waals surface area (Å²) in [4.78, 5) is 13.1. The monoisotopic (exact) mass is 386 g/mol. The van der Waals surface area contributed by atoms with Crippen molar-refractivity contribution in [2.45, 2.75) is 10.8 Å². The van der Waals surface area contributed by atoms with Crippen molar-refractivity contribution in [2.75, 3.05) is 14.2 Å². The average Bonchev–Trinajstić information content (AvgIpc) is 3.35. The number of thioether (sulfide) groups is 1. The molecule has 0 unspecified atom stereocenters. The maximum atomic E-state index is 5.40. The summed E-state index contributed by atoms with van der Waals surface area (Å²) in [6.07, 6.45) is 1.57. The van der Waals surface area contributed by atoms with Gasteiger partial charge < -0.3 is 14.0 Å². The lowest BCUT2D eigenvalue weighted by molar-refractivity contribution is 0.388. The molecule has 26 heavy (non-hydrogen) atoms. The number of hydrogen-bond donors (Lipinski definition) is 0. The van der Waals surface area contributed by atoms with Crippen molar-refractivity contribution in [3.8, 4) is 22.9 Å². The van der Waals surface area contributed by atoms with Gasteiger partial charge in [0.05, 0.1) is 35.8 Å². The van der Waals surface area contributed by atoms with E-state index in [0.29, 0.717) is 29.0 Å². The molecule has 0 spiro atoms. The summed E-state index contributed by atoms with van der Waals surface area (Å²) in [6.45, 7) is 0. The fourth-order valence-corrected chi connectivity index (χ4v) is 4.19. The molecular weight excluding hydrogens is 372 g/mol. The number of fused-ring (bicyclic) bond motifs is 1. The molecule has 0 saturated heterocycles. The second kappa shape index (κ2) is 7.30. The molecular formula is C17H14N4O3S2. The summed E-state index contributed by atoms with van der Waals surface area (Å²) >= 11 is 3.16. The minimum absolute atomic E-state index is 0.476. The number of ether oxygens (including phenoxy) is 2. The Bertz CT molecular complexity index is 1050. The van der Waals surface area contributed by atoms with Crippen LogP contribution in [-0.4, -0.2) is 34.3 Å². The van der Waals surface area contributed by atoms with Crippen LogP contribution in [0.5, 0.6) is 11.5 Å². The van der Waals surface area contributed by atoms with Crippen molar-refractivity contribution in [3.63, 3.8) is 0 Å². The van der Waals surface area contributed by atoms with E-state index in [1.54, 1.807) is 49.7 Å². The van der Waals surface area contributed by atoms with Gasteiger partial charge in [0.2, 0.25) is 11.7 Å². The lowest BCUT2D eigenvalue weighted by atomic mass is 10.2. The Morgan fingerprint density at radius 1 is 1.15 bits per heavy atom. The highest BCUT2D eigenvalue weighted by Crippen LogP contribution is 2.33. The van der Waals surface area contributed by atoms with Crippen LogP contribution in [-0.2, 0) is 5.75 Å². The molecule has 3 heterocycles. The molecule has 0 amide bonds. The molecule has 7 nitrogen and oxygen atoms in total. The van der Waals surface area contributed by atoms with Crippen molar-refractivity contribution in [1.82, 2.24) is 20.1 Å². The topological polar surface area (TPSA) is 83.2 Å². The number of benzene rings is 1. The third kappa shape index (κ3) is 3.23. The first-order valence-corrected chi connectivity index (χ1v) is 9.51. The Hall–Kier alpha value is -2.65. The Kier molecular flexibility index (Phi) is 4.72. The largest absolute Gasteiger partial charge is 0.497 e. The molecule has 0 fully saturated rings. The number of hydrogen-bond acceptors (Lipinski definition) is 9. The zero-order chi connectivity index (χ0) is 17.9. The van der Waals surface area contributed by atoms with Crippen LogP contribution in [0.3, 0.4) is 0 Å². The maximum absolute atomic E-state index is 5.40. The van der Waals surface area contributed by atoms with Crippen molar-refractivity contribution >= 4 is 33.3 Å². The molecule has 0 N–H and O–H groups in total. The third-order valence-electron chi connectivity index (χ3n) is 3.66. The van der Waals surface area contributed by atoms with E-state index in [0.717, 1.165) is 20.8 Å². The molecule has 0 saturated carbocycles. The normalized spacial score (nSPS) is 11.0. The molecule has 4 rings (SSSR count). The van der Waals surface area contributed by atoms with Crippen molar-refractivity contribution in [1.29, 1.82) is 0 Å². The summed E-state index contributed by atoms with van der Waals surface area (Å²) < 4.78 is 17.1. The summed E-state index contributed by atoms with van der Waals surface area (Å²) in [5.74, 6) is 2.85. The number of nitrogens with zero attached hydrogens (tertiary/aromatic N) is 4. The van der Waals surface area contributed by atoms with E-state index >= 15 is 0 Å². The molecule has 0 aliphatic rings. The van der Waals surface area contributed by atoms with Crippen molar-refractivity contribution in [2.24, 2.45) is 0 Å². The second-order valence-electron chi connectivity index (χ2n) is 5.18. The van der Waals surface area contributed by atoms with Gasteiger partial charge in [-0.3, -0.25) is 0 Å². The standard InChI is InChI=1S/C17H14N4O3S2/c1-22-10-3-4-11(13(7-10)23-2)16-20-14(24-21-16)8-26-17-15-12(5-6-25-15)18-9-19-17/h3-7,9H,8H2,1-2H3. The molecule has 3 aromatic heterocycles. The first kappa shape index (κ1) is 16.8. The highest BCUT2D eigenvalue weighted by molar-refractivity contribution is 7.98. The van der Waals surface area contributed by atoms with Gasteiger partial charge in [-0.25, -0.2) is 9.97 Å². The molecule has 132 valence electrons. The smallest absolute Gasteiger partial charge is 0.237 e. The van der Waals surface area contributed by atoms with Crippen LogP contribution in [0.4, 0.5) is 0 Å². The fraction of sp³-hybridized carbons (Fsp3) is 0.176. The summed E-state index contributed by atoms with van der Waals surface area (Å²) in [7, 11) is 3.20. The van der Waals surface area contributed by atoms with Gasteiger partial charge >= 0.3 is 0 Å². The molecule has 0 bridgehead atoms. The minimum atomic E-state index is 0.476. The quantitative estimate of drug-likeness (QED) is 0.362. The zero-order valence-corrected chi connectivity index (χ0v) is 15.6. The van der Waals surface area contributed by atoms with Crippen LogP contribution >= 0.6 is 23.1 Å². The third-order valence-corrected chi connectivity index (χ3v) is 5.67. The number of rotatable bonds is 6. The molecule has 9 heteroatoms. The van der Waals surface area contributed by atoms with Gasteiger partial charge in [-0.05, 0) is 23.6 Å². The molecule has 0 aliphatic carbocycles. The lowest BCUT2D eigenvalue weighted by Crippen LogP contribution is -1.91. The molecule has 0 atom stereocenters. The Labute approximate surface area is 157 Å². The predicted octanol–water partition coefficient (Wildman–Crippen LogP) is 4.05. The highest BCUT2D eigenvalue weighted by atomic mass is 32.2. The van der Waals surface area contributed by atoms with Crippen LogP contribution < -0.4 is 9.47 Å². The van der Waals surface area contributed by atoms with Crippen LogP contribution in [0.25, 0.3) is 21.6 Å². The van der Waals surface area contributed by atoms with Gasteiger partial charge in [-0.1, -0.05) is 16.9 Å². The number of thiophene rings is 1. The van der Waals surface area contributed by atoms with Gasteiger partial charge in [0.15, 0.2) is 0 Å². The van der Waals surface area contributed by atoms with Crippen molar-refractivity contribution in [3.05, 3.63) is 41.9 Å². The maximum Gasteiger partial charge on any atom is 0.237 e. The van der Waals surface area contributed by atoms with E-state index in [4.69, 9.17) is 14.0 Å². The highest BCUT2D eigenvalue weighted by Gasteiger charge is 2.15. The SMILES string of the molecule is COc1ccc(-c2noc(CSc3ncnc4ccsc34)n2)c(OC)c1. The van der Waals surface area contributed by atoms with E-state index in [-0.39, 0.29) is 0 Å². The number of methoxy groups -OCH3 is 2. The van der Waals surface area contributed by atoms with Gasteiger partial charge in [0, 0.05) is 6.07 Å². The van der Waals surface area contributed by atoms with E-state index in [2.05, 4.69) is 20.1 Å². The van der Waals surface area contributed by atoms with E-state index in [1.165, 1.54) is 0 Å². The summed E-state index contributed by atoms with van der Waals surface area (Å²) in [5.41, 5.74) is 1.69. The fourth-order valence-electron chi connectivity index (χ4n) is 2.41. The zero-order valence-electron chi connectivity index (χ0n) is 14.0. The second-order valence-corrected chi connectivity index (χ2v) is 7.06. The average molecular weight is 386 g/mol. The summed E-state index contributed by atoms with van der Waals surface area (Å²) in [6, 6.07) is 7.44. The molecule has 0 radical (unpaired) electrons. The Morgan fingerprint density at radius 3 is 2.92 bits per heavy atom. The van der Waals surface area contributed by atoms with Crippen LogP contribution in [0.15, 0.2) is 45.5 Å². The van der Waals surface area contributed by atoms with Crippen molar-refractivity contribution < 1.29 is 14.0 Å². The molecule has 4 aromatic rings. The minimum Gasteiger partial charge on any atom is -0.497 e. The first-order chi connectivity index (χ1) is 12.8. The molecule has 0 aliphatic heterocycles. The Balaban J connectivity index is 1.54. The summed E-state index contributed by atoms with van der Waals surface area (Å²) in [5, 5.41) is 6.98. The lowest BCUT2D eigenvalue weighted by Gasteiger charge is -2.07. The predicted molar refractivity (Wildman–Crippen MR) is 99.8 cm³/mol. The van der Waals surface area contributed by atoms with Crippen LogP contribution in [0.1, 0.15) is 5.89 Å². The van der Waals surface area contributed by atoms with E-state index in [9.17, 15) is 0 Å². The molecule has 1 aromatic carbocycles.